The Balaban J connectivity index is 2.18. The van der Waals surface area contributed by atoms with Crippen LogP contribution in [0.2, 0.25) is 0 Å². The molecule has 88 valence electrons. The smallest absolute Gasteiger partial charge is 0.219 e. The molecule has 0 unspecified atom stereocenters. The molecule has 17 heavy (non-hydrogen) atoms. The first-order chi connectivity index (χ1) is 8.15. The fourth-order valence-corrected chi connectivity index (χ4v) is 1.40. The molecular formula is C13H15N3O. The van der Waals surface area contributed by atoms with Gasteiger partial charge in [0.15, 0.2) is 0 Å². The Labute approximate surface area is 100 Å². The monoisotopic (exact) mass is 229 g/mol. The molecule has 0 amide bonds. The Morgan fingerprint density at radius 3 is 2.71 bits per heavy atom. The van der Waals surface area contributed by atoms with Gasteiger partial charge in [0.25, 0.3) is 0 Å². The maximum Gasteiger partial charge on any atom is 0.219 e. The van der Waals surface area contributed by atoms with Gasteiger partial charge in [0, 0.05) is 24.0 Å². The van der Waals surface area contributed by atoms with Gasteiger partial charge in [0.05, 0.1) is 6.20 Å². The van der Waals surface area contributed by atoms with E-state index in [9.17, 15) is 0 Å². The van der Waals surface area contributed by atoms with Crippen molar-refractivity contribution in [2.45, 2.75) is 19.9 Å². The lowest BCUT2D eigenvalue weighted by Gasteiger charge is -2.08. The highest BCUT2D eigenvalue weighted by atomic mass is 16.5. The van der Waals surface area contributed by atoms with Crippen molar-refractivity contribution in [3.63, 3.8) is 0 Å². The van der Waals surface area contributed by atoms with Crippen molar-refractivity contribution in [3.8, 4) is 11.6 Å². The molecule has 0 bridgehead atoms. The summed E-state index contributed by atoms with van der Waals surface area (Å²) in [5.74, 6) is 1.20. The Morgan fingerprint density at radius 1 is 1.24 bits per heavy atom. The van der Waals surface area contributed by atoms with E-state index in [1.807, 2.05) is 38.1 Å². The molecule has 1 atom stereocenters. The van der Waals surface area contributed by atoms with Crippen molar-refractivity contribution in [2.75, 3.05) is 0 Å². The Morgan fingerprint density at radius 2 is 2.06 bits per heavy atom. The van der Waals surface area contributed by atoms with Gasteiger partial charge in [-0.2, -0.15) is 0 Å². The average molecular weight is 229 g/mol. The van der Waals surface area contributed by atoms with Gasteiger partial charge in [-0.3, -0.25) is 4.98 Å². The minimum absolute atomic E-state index is 0.0310. The Hall–Kier alpha value is -1.94. The number of hydrogen-bond acceptors (Lipinski definition) is 4. The highest BCUT2D eigenvalue weighted by molar-refractivity contribution is 5.28. The quantitative estimate of drug-likeness (QED) is 0.878. The lowest BCUT2D eigenvalue weighted by molar-refractivity contribution is 0.459. The summed E-state index contributed by atoms with van der Waals surface area (Å²) in [6, 6.07) is 7.44. The van der Waals surface area contributed by atoms with Crippen LogP contribution in [-0.2, 0) is 0 Å². The summed E-state index contributed by atoms with van der Waals surface area (Å²) in [5, 5.41) is 0. The van der Waals surface area contributed by atoms with E-state index in [1.165, 1.54) is 0 Å². The molecule has 0 aliphatic heterocycles. The average Bonchev–Trinajstić information content (AvgIpc) is 2.32. The number of rotatable bonds is 3. The van der Waals surface area contributed by atoms with Gasteiger partial charge in [0.2, 0.25) is 5.88 Å². The summed E-state index contributed by atoms with van der Waals surface area (Å²) in [6.45, 7) is 3.85. The number of aryl methyl sites for hydroxylation is 1. The number of pyridine rings is 2. The number of nitrogens with two attached hydrogens (primary N) is 1. The summed E-state index contributed by atoms with van der Waals surface area (Å²) in [5.41, 5.74) is 7.75. The van der Waals surface area contributed by atoms with Gasteiger partial charge in [0.1, 0.15) is 5.75 Å². The van der Waals surface area contributed by atoms with Gasteiger partial charge in [-0.1, -0.05) is 0 Å². The molecule has 0 aliphatic carbocycles. The highest BCUT2D eigenvalue weighted by Crippen LogP contribution is 2.20. The summed E-state index contributed by atoms with van der Waals surface area (Å²) < 4.78 is 5.60. The SMILES string of the molecule is Cc1ccc(Oc2cc([C@@H](C)N)ccn2)cn1. The second-order valence-electron chi connectivity index (χ2n) is 3.95. The highest BCUT2D eigenvalue weighted by Gasteiger charge is 2.03. The van der Waals surface area contributed by atoms with Crippen LogP contribution in [0.15, 0.2) is 36.7 Å². The van der Waals surface area contributed by atoms with Crippen molar-refractivity contribution >= 4 is 0 Å². The van der Waals surface area contributed by atoms with E-state index < -0.39 is 0 Å². The maximum atomic E-state index is 5.80. The molecule has 0 fully saturated rings. The van der Waals surface area contributed by atoms with Crippen molar-refractivity contribution in [1.82, 2.24) is 9.97 Å². The van der Waals surface area contributed by atoms with Gasteiger partial charge in [-0.05, 0) is 37.6 Å². The van der Waals surface area contributed by atoms with E-state index in [0.717, 1.165) is 11.3 Å². The zero-order chi connectivity index (χ0) is 12.3. The fourth-order valence-electron chi connectivity index (χ4n) is 1.40. The van der Waals surface area contributed by atoms with Crippen molar-refractivity contribution < 1.29 is 4.74 Å². The van der Waals surface area contributed by atoms with Crippen LogP contribution in [0.3, 0.4) is 0 Å². The van der Waals surface area contributed by atoms with Crippen LogP contribution in [-0.4, -0.2) is 9.97 Å². The summed E-state index contributed by atoms with van der Waals surface area (Å²) in [6.07, 6.45) is 3.37. The molecule has 0 aliphatic rings. The zero-order valence-electron chi connectivity index (χ0n) is 9.92. The largest absolute Gasteiger partial charge is 0.437 e. The fraction of sp³-hybridized carbons (Fsp3) is 0.231. The second-order valence-corrected chi connectivity index (χ2v) is 3.95. The Kier molecular flexibility index (Phi) is 3.35. The molecule has 2 aromatic rings. The minimum Gasteiger partial charge on any atom is -0.437 e. The normalized spacial score (nSPS) is 12.2. The van der Waals surface area contributed by atoms with E-state index in [1.54, 1.807) is 12.4 Å². The van der Waals surface area contributed by atoms with Gasteiger partial charge in [-0.15, -0.1) is 0 Å². The summed E-state index contributed by atoms with van der Waals surface area (Å²) in [7, 11) is 0. The lowest BCUT2D eigenvalue weighted by atomic mass is 10.1. The topological polar surface area (TPSA) is 61.0 Å². The van der Waals surface area contributed by atoms with Gasteiger partial charge < -0.3 is 10.5 Å². The van der Waals surface area contributed by atoms with Crippen LogP contribution in [0.4, 0.5) is 0 Å². The Bertz CT molecular complexity index is 494. The van der Waals surface area contributed by atoms with Crippen LogP contribution in [0.1, 0.15) is 24.2 Å². The van der Waals surface area contributed by atoms with Crippen molar-refractivity contribution in [2.24, 2.45) is 5.73 Å². The van der Waals surface area contributed by atoms with Crippen LogP contribution < -0.4 is 10.5 Å². The third kappa shape index (κ3) is 3.01. The predicted octanol–water partition coefficient (Wildman–Crippen LogP) is 2.60. The van der Waals surface area contributed by atoms with Crippen LogP contribution >= 0.6 is 0 Å². The number of aromatic nitrogens is 2. The van der Waals surface area contributed by atoms with E-state index in [4.69, 9.17) is 10.5 Å². The molecule has 2 N–H and O–H groups in total. The van der Waals surface area contributed by atoms with Crippen LogP contribution in [0.25, 0.3) is 0 Å². The molecule has 2 aromatic heterocycles. The molecule has 0 radical (unpaired) electrons. The molecule has 0 saturated heterocycles. The molecular weight excluding hydrogens is 214 g/mol. The van der Waals surface area contributed by atoms with E-state index in [2.05, 4.69) is 9.97 Å². The summed E-state index contributed by atoms with van der Waals surface area (Å²) >= 11 is 0. The zero-order valence-corrected chi connectivity index (χ0v) is 9.92. The van der Waals surface area contributed by atoms with E-state index in [0.29, 0.717) is 11.6 Å². The number of ether oxygens (including phenoxy) is 1. The van der Waals surface area contributed by atoms with E-state index >= 15 is 0 Å². The van der Waals surface area contributed by atoms with Gasteiger partial charge >= 0.3 is 0 Å². The van der Waals surface area contributed by atoms with Crippen molar-refractivity contribution in [1.29, 1.82) is 0 Å². The van der Waals surface area contributed by atoms with E-state index in [-0.39, 0.29) is 6.04 Å². The molecule has 2 rings (SSSR count). The third-order valence-electron chi connectivity index (χ3n) is 2.39. The van der Waals surface area contributed by atoms with Crippen molar-refractivity contribution in [3.05, 3.63) is 47.9 Å². The molecule has 2 heterocycles. The predicted molar refractivity (Wildman–Crippen MR) is 65.9 cm³/mol. The first kappa shape index (κ1) is 11.5. The summed E-state index contributed by atoms with van der Waals surface area (Å²) in [4.78, 5) is 8.29. The molecule has 0 saturated carbocycles. The number of nitrogens with zero attached hydrogens (tertiary/aromatic N) is 2. The maximum absolute atomic E-state index is 5.80. The third-order valence-corrected chi connectivity index (χ3v) is 2.39. The standard InChI is InChI=1S/C13H15N3O/c1-9-3-4-12(8-16-9)17-13-7-11(10(2)14)5-6-15-13/h3-8,10H,14H2,1-2H3/t10-/m1/s1. The molecule has 4 heteroatoms. The first-order valence-corrected chi connectivity index (χ1v) is 5.47. The van der Waals surface area contributed by atoms with Crippen LogP contribution in [0, 0.1) is 6.92 Å². The van der Waals surface area contributed by atoms with Gasteiger partial charge in [-0.25, -0.2) is 4.98 Å². The second kappa shape index (κ2) is 4.93. The molecule has 0 spiro atoms. The molecule has 0 aromatic carbocycles. The minimum atomic E-state index is -0.0310. The molecule has 4 nitrogen and oxygen atoms in total. The first-order valence-electron chi connectivity index (χ1n) is 5.47. The van der Waals surface area contributed by atoms with Crippen LogP contribution in [0.5, 0.6) is 11.6 Å². The lowest BCUT2D eigenvalue weighted by Crippen LogP contribution is -2.05. The number of hydrogen-bond donors (Lipinski definition) is 1.